The number of carboxylic acid groups (broad SMARTS) is 1. The highest BCUT2D eigenvalue weighted by atomic mass is 35.5. The standard InChI is InChI=1S/C9H13ClO3/c1-9(4-8(12)13)6(5-10)2-3-7(9)11/h2,7,11H,3-5H2,1H3,(H,12,13)/t7-,9+/m0/s1. The Hall–Kier alpha value is -0.540. The van der Waals surface area contributed by atoms with Crippen LogP contribution in [0.25, 0.3) is 0 Å². The van der Waals surface area contributed by atoms with Crippen LogP contribution in [0.3, 0.4) is 0 Å². The minimum atomic E-state index is -0.903. The number of alkyl halides is 1. The van der Waals surface area contributed by atoms with Crippen LogP contribution in [0, 0.1) is 5.41 Å². The molecule has 0 heterocycles. The van der Waals surface area contributed by atoms with E-state index in [0.29, 0.717) is 12.3 Å². The smallest absolute Gasteiger partial charge is 0.304 e. The maximum Gasteiger partial charge on any atom is 0.304 e. The number of aliphatic hydroxyl groups excluding tert-OH is 1. The van der Waals surface area contributed by atoms with Gasteiger partial charge in [0.25, 0.3) is 0 Å². The number of aliphatic carboxylic acids is 1. The van der Waals surface area contributed by atoms with E-state index in [2.05, 4.69) is 0 Å². The second kappa shape index (κ2) is 3.68. The molecule has 0 amide bonds. The van der Waals surface area contributed by atoms with Crippen LogP contribution < -0.4 is 0 Å². The minimum absolute atomic E-state index is 0.0628. The quantitative estimate of drug-likeness (QED) is 0.540. The Labute approximate surface area is 82.0 Å². The highest BCUT2D eigenvalue weighted by molar-refractivity contribution is 6.19. The monoisotopic (exact) mass is 204 g/mol. The van der Waals surface area contributed by atoms with Crippen LogP contribution in [-0.2, 0) is 4.79 Å². The summed E-state index contributed by atoms with van der Waals surface area (Å²) in [4.78, 5) is 10.6. The van der Waals surface area contributed by atoms with Gasteiger partial charge in [0, 0.05) is 11.3 Å². The lowest BCUT2D eigenvalue weighted by Gasteiger charge is -2.29. The van der Waals surface area contributed by atoms with E-state index in [1.165, 1.54) is 0 Å². The summed E-state index contributed by atoms with van der Waals surface area (Å²) >= 11 is 5.67. The number of hydrogen-bond acceptors (Lipinski definition) is 2. The third kappa shape index (κ3) is 1.86. The average molecular weight is 205 g/mol. The molecule has 0 bridgehead atoms. The molecule has 0 saturated heterocycles. The van der Waals surface area contributed by atoms with E-state index in [1.807, 2.05) is 6.08 Å². The average Bonchev–Trinajstić information content (AvgIpc) is 2.27. The number of aliphatic hydroxyl groups is 1. The highest BCUT2D eigenvalue weighted by Crippen LogP contribution is 2.42. The predicted octanol–water partition coefficient (Wildman–Crippen LogP) is 1.40. The fourth-order valence-electron chi connectivity index (χ4n) is 1.71. The molecule has 13 heavy (non-hydrogen) atoms. The Bertz CT molecular complexity index is 249. The van der Waals surface area contributed by atoms with Gasteiger partial charge in [0.15, 0.2) is 0 Å². The summed E-state index contributed by atoms with van der Waals surface area (Å²) in [5.74, 6) is -0.611. The van der Waals surface area contributed by atoms with E-state index in [1.54, 1.807) is 6.92 Å². The number of rotatable bonds is 3. The van der Waals surface area contributed by atoms with Crippen molar-refractivity contribution in [2.24, 2.45) is 5.41 Å². The van der Waals surface area contributed by atoms with Crippen molar-refractivity contribution < 1.29 is 15.0 Å². The number of hydrogen-bond donors (Lipinski definition) is 2. The van der Waals surface area contributed by atoms with Crippen molar-refractivity contribution in [3.05, 3.63) is 11.6 Å². The van der Waals surface area contributed by atoms with Gasteiger partial charge < -0.3 is 10.2 Å². The molecule has 0 aliphatic heterocycles. The van der Waals surface area contributed by atoms with Gasteiger partial charge >= 0.3 is 5.97 Å². The zero-order valence-corrected chi connectivity index (χ0v) is 8.21. The van der Waals surface area contributed by atoms with Crippen molar-refractivity contribution in [3.63, 3.8) is 0 Å². The number of carboxylic acids is 1. The van der Waals surface area contributed by atoms with Crippen LogP contribution in [0.4, 0.5) is 0 Å². The topological polar surface area (TPSA) is 57.5 Å². The summed E-state index contributed by atoms with van der Waals surface area (Å²) in [5, 5.41) is 18.3. The van der Waals surface area contributed by atoms with Gasteiger partial charge in [-0.1, -0.05) is 18.6 Å². The van der Waals surface area contributed by atoms with Crippen molar-refractivity contribution in [2.75, 3.05) is 5.88 Å². The van der Waals surface area contributed by atoms with Gasteiger partial charge in [-0.15, -0.1) is 11.6 Å². The molecule has 1 aliphatic carbocycles. The minimum Gasteiger partial charge on any atom is -0.481 e. The summed E-state index contributed by atoms with van der Waals surface area (Å²) < 4.78 is 0. The van der Waals surface area contributed by atoms with E-state index >= 15 is 0 Å². The Morgan fingerprint density at radius 2 is 2.46 bits per heavy atom. The van der Waals surface area contributed by atoms with E-state index in [9.17, 15) is 9.90 Å². The largest absolute Gasteiger partial charge is 0.481 e. The highest BCUT2D eigenvalue weighted by Gasteiger charge is 2.41. The first kappa shape index (κ1) is 10.5. The van der Waals surface area contributed by atoms with Crippen molar-refractivity contribution in [3.8, 4) is 0 Å². The van der Waals surface area contributed by atoms with Gasteiger partial charge in [0.05, 0.1) is 12.5 Å². The molecule has 3 nitrogen and oxygen atoms in total. The molecule has 0 fully saturated rings. The second-order valence-electron chi connectivity index (χ2n) is 3.60. The molecule has 4 heteroatoms. The number of carbonyl (C=O) groups is 1. The molecule has 1 rings (SSSR count). The van der Waals surface area contributed by atoms with Gasteiger partial charge in [0.1, 0.15) is 0 Å². The zero-order chi connectivity index (χ0) is 10.1. The summed E-state index contributed by atoms with van der Waals surface area (Å²) in [6.07, 6.45) is 1.66. The van der Waals surface area contributed by atoms with Crippen LogP contribution in [0.5, 0.6) is 0 Å². The maximum absolute atomic E-state index is 10.6. The Kier molecular flexibility index (Phi) is 2.98. The summed E-state index contributed by atoms with van der Waals surface area (Å²) in [7, 11) is 0. The molecule has 0 radical (unpaired) electrons. The van der Waals surface area contributed by atoms with Gasteiger partial charge in [-0.2, -0.15) is 0 Å². The van der Waals surface area contributed by atoms with Gasteiger partial charge in [-0.05, 0) is 6.42 Å². The maximum atomic E-state index is 10.6. The van der Waals surface area contributed by atoms with E-state index < -0.39 is 17.5 Å². The third-order valence-electron chi connectivity index (χ3n) is 2.72. The lowest BCUT2D eigenvalue weighted by Crippen LogP contribution is -2.32. The van der Waals surface area contributed by atoms with Crippen molar-refractivity contribution in [1.29, 1.82) is 0 Å². The summed E-state index contributed by atoms with van der Waals surface area (Å²) in [5.41, 5.74) is 0.164. The lowest BCUT2D eigenvalue weighted by atomic mass is 9.79. The molecule has 74 valence electrons. The second-order valence-corrected chi connectivity index (χ2v) is 3.87. The molecule has 2 atom stereocenters. The molecule has 0 aromatic heterocycles. The van der Waals surface area contributed by atoms with E-state index in [4.69, 9.17) is 16.7 Å². The molecular formula is C9H13ClO3. The van der Waals surface area contributed by atoms with Crippen molar-refractivity contribution in [1.82, 2.24) is 0 Å². The zero-order valence-electron chi connectivity index (χ0n) is 7.46. The first-order valence-electron chi connectivity index (χ1n) is 4.16. The predicted molar refractivity (Wildman–Crippen MR) is 49.8 cm³/mol. The first-order valence-corrected chi connectivity index (χ1v) is 4.69. The van der Waals surface area contributed by atoms with E-state index in [-0.39, 0.29) is 6.42 Å². The van der Waals surface area contributed by atoms with E-state index in [0.717, 1.165) is 5.57 Å². The summed E-state index contributed by atoms with van der Waals surface area (Å²) in [6.45, 7) is 1.74. The van der Waals surface area contributed by atoms with Gasteiger partial charge in [0.2, 0.25) is 0 Å². The fourth-order valence-corrected chi connectivity index (χ4v) is 2.13. The molecule has 0 unspecified atom stereocenters. The van der Waals surface area contributed by atoms with Gasteiger partial charge in [-0.3, -0.25) is 4.79 Å². The lowest BCUT2D eigenvalue weighted by molar-refractivity contribution is -0.140. The van der Waals surface area contributed by atoms with Crippen LogP contribution >= 0.6 is 11.6 Å². The van der Waals surface area contributed by atoms with Crippen molar-refractivity contribution in [2.45, 2.75) is 25.9 Å². The molecule has 0 aromatic carbocycles. The number of halogens is 1. The molecule has 2 N–H and O–H groups in total. The third-order valence-corrected chi connectivity index (χ3v) is 3.01. The molecule has 0 aromatic rings. The van der Waals surface area contributed by atoms with Crippen LogP contribution in [0.1, 0.15) is 19.8 Å². The first-order chi connectivity index (χ1) is 6.00. The van der Waals surface area contributed by atoms with Gasteiger partial charge in [-0.25, -0.2) is 0 Å². The summed E-state index contributed by atoms with van der Waals surface area (Å²) in [6, 6.07) is 0. The molecular weight excluding hydrogens is 192 g/mol. The molecule has 0 spiro atoms. The normalized spacial score (nSPS) is 33.2. The Morgan fingerprint density at radius 3 is 2.92 bits per heavy atom. The Balaban J connectivity index is 2.84. The molecule has 0 saturated carbocycles. The van der Waals surface area contributed by atoms with Crippen LogP contribution in [-0.4, -0.2) is 28.2 Å². The fraction of sp³-hybridized carbons (Fsp3) is 0.667. The van der Waals surface area contributed by atoms with Crippen molar-refractivity contribution >= 4 is 17.6 Å². The SMILES string of the molecule is C[C@@]1(CC(=O)O)C(CCl)=CC[C@@H]1O. The van der Waals surface area contributed by atoms with Crippen LogP contribution in [0.2, 0.25) is 0 Å². The van der Waals surface area contributed by atoms with Crippen LogP contribution in [0.15, 0.2) is 11.6 Å². The Morgan fingerprint density at radius 1 is 1.85 bits per heavy atom. The molecule has 1 aliphatic rings.